The number of hydrogen-bond donors (Lipinski definition) is 1. The maximum Gasteiger partial charge on any atom is 0.103 e. The van der Waals surface area contributed by atoms with E-state index >= 15 is 0 Å². The van der Waals surface area contributed by atoms with Gasteiger partial charge in [0.25, 0.3) is 0 Å². The second-order valence-electron chi connectivity index (χ2n) is 1.94. The smallest absolute Gasteiger partial charge is 0.103 e. The Morgan fingerprint density at radius 3 is 2.90 bits per heavy atom. The number of nitrogens with zero attached hydrogens (tertiary/aromatic N) is 2. The van der Waals surface area contributed by atoms with Gasteiger partial charge in [0.15, 0.2) is 0 Å². The summed E-state index contributed by atoms with van der Waals surface area (Å²) in [6.07, 6.45) is 0. The molecule has 0 spiro atoms. The van der Waals surface area contributed by atoms with Crippen LogP contribution in [-0.2, 0) is 0 Å². The van der Waals surface area contributed by atoms with Crippen LogP contribution in [0.2, 0.25) is 0 Å². The van der Waals surface area contributed by atoms with Gasteiger partial charge in [0.05, 0.1) is 10.7 Å². The molecule has 54 valence electrons. The van der Waals surface area contributed by atoms with Crippen molar-refractivity contribution in [3.8, 4) is 0 Å². The van der Waals surface area contributed by atoms with Crippen molar-refractivity contribution in [1.29, 1.82) is 0 Å². The van der Waals surface area contributed by atoms with E-state index in [4.69, 9.17) is 5.21 Å². The first-order valence-corrected chi connectivity index (χ1v) is 3.73. The average Bonchev–Trinajstić information content (AvgIpc) is 2.34. The fourth-order valence-corrected chi connectivity index (χ4v) is 1.24. The quantitative estimate of drug-likeness (QED) is 0.381. The molecule has 1 aromatic rings. The molecule has 10 heavy (non-hydrogen) atoms. The summed E-state index contributed by atoms with van der Waals surface area (Å²) >= 11 is 1.55. The second-order valence-corrected chi connectivity index (χ2v) is 3.00. The van der Waals surface area contributed by atoms with Gasteiger partial charge in [-0.05, 0) is 13.8 Å². The van der Waals surface area contributed by atoms with Crippen LogP contribution in [0.1, 0.15) is 17.6 Å². The van der Waals surface area contributed by atoms with Gasteiger partial charge in [0, 0.05) is 5.38 Å². The average molecular weight is 156 g/mol. The van der Waals surface area contributed by atoms with Crippen LogP contribution in [0, 0.1) is 6.92 Å². The van der Waals surface area contributed by atoms with Crippen molar-refractivity contribution >= 4 is 17.0 Å². The maximum absolute atomic E-state index is 8.35. The van der Waals surface area contributed by atoms with Gasteiger partial charge in [-0.15, -0.1) is 11.3 Å². The van der Waals surface area contributed by atoms with Gasteiger partial charge in [0.1, 0.15) is 5.71 Å². The Morgan fingerprint density at radius 1 is 1.80 bits per heavy atom. The number of thiazole rings is 1. The van der Waals surface area contributed by atoms with Crippen LogP contribution in [0.25, 0.3) is 0 Å². The zero-order valence-corrected chi connectivity index (χ0v) is 6.64. The Balaban J connectivity index is 2.95. The Hall–Kier alpha value is -0.900. The van der Waals surface area contributed by atoms with E-state index in [2.05, 4.69) is 10.1 Å². The molecule has 0 unspecified atom stereocenters. The molecule has 1 heterocycles. The molecule has 0 amide bonds. The summed E-state index contributed by atoms with van der Waals surface area (Å²) in [5, 5.41) is 14.2. The molecule has 3 nitrogen and oxygen atoms in total. The summed E-state index contributed by atoms with van der Waals surface area (Å²) < 4.78 is 0. The van der Waals surface area contributed by atoms with E-state index in [9.17, 15) is 0 Å². The largest absolute Gasteiger partial charge is 0.411 e. The Morgan fingerprint density at radius 2 is 2.50 bits per heavy atom. The van der Waals surface area contributed by atoms with E-state index in [1.54, 1.807) is 18.3 Å². The van der Waals surface area contributed by atoms with Crippen molar-refractivity contribution in [1.82, 2.24) is 4.98 Å². The topological polar surface area (TPSA) is 45.5 Å². The second kappa shape index (κ2) is 2.79. The molecular formula is C6H8N2OS. The molecule has 0 saturated carbocycles. The molecular weight excluding hydrogens is 148 g/mol. The molecule has 0 aliphatic rings. The predicted octanol–water partition coefficient (Wildman–Crippen LogP) is 1.65. The lowest BCUT2D eigenvalue weighted by molar-refractivity contribution is 0.319. The lowest BCUT2D eigenvalue weighted by Crippen LogP contribution is -1.93. The van der Waals surface area contributed by atoms with Crippen LogP contribution in [0.3, 0.4) is 0 Å². The minimum atomic E-state index is 0.560. The molecule has 1 rings (SSSR count). The van der Waals surface area contributed by atoms with Crippen molar-refractivity contribution in [2.45, 2.75) is 13.8 Å². The minimum Gasteiger partial charge on any atom is -0.411 e. The highest BCUT2D eigenvalue weighted by Crippen LogP contribution is 2.08. The first-order chi connectivity index (χ1) is 4.74. The van der Waals surface area contributed by atoms with Crippen LogP contribution >= 0.6 is 11.3 Å². The fraction of sp³-hybridized carbons (Fsp3) is 0.333. The molecule has 0 aliphatic carbocycles. The van der Waals surface area contributed by atoms with Crippen LogP contribution < -0.4 is 0 Å². The van der Waals surface area contributed by atoms with Crippen molar-refractivity contribution in [3.05, 3.63) is 16.1 Å². The molecule has 4 heteroatoms. The summed E-state index contributed by atoms with van der Waals surface area (Å²) in [4.78, 5) is 4.11. The van der Waals surface area contributed by atoms with Gasteiger partial charge < -0.3 is 5.21 Å². The highest BCUT2D eigenvalue weighted by atomic mass is 32.1. The van der Waals surface area contributed by atoms with Gasteiger partial charge in [0.2, 0.25) is 0 Å². The molecule has 0 atom stereocenters. The zero-order chi connectivity index (χ0) is 7.56. The Labute approximate surface area is 63.0 Å². The first kappa shape index (κ1) is 7.21. The molecule has 0 aromatic carbocycles. The summed E-state index contributed by atoms with van der Waals surface area (Å²) in [7, 11) is 0. The molecule has 0 aliphatic heterocycles. The highest BCUT2D eigenvalue weighted by Gasteiger charge is 2.00. The molecule has 0 bridgehead atoms. The molecule has 0 radical (unpaired) electrons. The van der Waals surface area contributed by atoms with E-state index < -0.39 is 0 Å². The fourth-order valence-electron chi connectivity index (χ4n) is 0.581. The standard InChI is InChI=1S/C6H8N2OS/c1-4(8-9)6-3-10-5(2)7-6/h3,9H,1-2H3/b8-4+. The summed E-state index contributed by atoms with van der Waals surface area (Å²) in [5.41, 5.74) is 1.31. The van der Waals surface area contributed by atoms with Crippen molar-refractivity contribution in [2.24, 2.45) is 5.16 Å². The van der Waals surface area contributed by atoms with Crippen molar-refractivity contribution in [2.75, 3.05) is 0 Å². The van der Waals surface area contributed by atoms with Crippen LogP contribution in [0.5, 0.6) is 0 Å². The summed E-state index contributed by atoms with van der Waals surface area (Å²) in [6.45, 7) is 3.63. The van der Waals surface area contributed by atoms with Crippen molar-refractivity contribution < 1.29 is 5.21 Å². The van der Waals surface area contributed by atoms with Crippen LogP contribution in [0.4, 0.5) is 0 Å². The number of oxime groups is 1. The SMILES string of the molecule is C/C(=N\O)c1csc(C)n1. The Bertz CT molecular complexity index is 254. The predicted molar refractivity (Wildman–Crippen MR) is 40.8 cm³/mol. The number of aromatic nitrogens is 1. The zero-order valence-electron chi connectivity index (χ0n) is 5.83. The minimum absolute atomic E-state index is 0.560. The van der Waals surface area contributed by atoms with Gasteiger partial charge in [-0.3, -0.25) is 0 Å². The summed E-state index contributed by atoms with van der Waals surface area (Å²) in [6, 6.07) is 0. The third-order valence-corrected chi connectivity index (χ3v) is 1.91. The number of aryl methyl sites for hydroxylation is 1. The van der Waals surface area contributed by atoms with E-state index in [1.165, 1.54) is 0 Å². The normalized spacial score (nSPS) is 12.0. The maximum atomic E-state index is 8.35. The molecule has 0 saturated heterocycles. The van der Waals surface area contributed by atoms with Crippen molar-refractivity contribution in [3.63, 3.8) is 0 Å². The van der Waals surface area contributed by atoms with E-state index in [0.29, 0.717) is 5.71 Å². The number of hydrogen-bond acceptors (Lipinski definition) is 4. The molecule has 0 fully saturated rings. The van der Waals surface area contributed by atoms with Crippen LogP contribution in [-0.4, -0.2) is 15.9 Å². The van der Waals surface area contributed by atoms with Gasteiger partial charge in [-0.1, -0.05) is 5.16 Å². The van der Waals surface area contributed by atoms with Crippen LogP contribution in [0.15, 0.2) is 10.5 Å². The van der Waals surface area contributed by atoms with E-state index in [-0.39, 0.29) is 0 Å². The first-order valence-electron chi connectivity index (χ1n) is 2.85. The highest BCUT2D eigenvalue weighted by molar-refractivity contribution is 7.09. The van der Waals surface area contributed by atoms with Gasteiger partial charge in [-0.2, -0.15) is 0 Å². The van der Waals surface area contributed by atoms with E-state index in [1.807, 2.05) is 12.3 Å². The van der Waals surface area contributed by atoms with Gasteiger partial charge in [-0.25, -0.2) is 4.98 Å². The summed E-state index contributed by atoms with van der Waals surface area (Å²) in [5.74, 6) is 0. The molecule has 1 N–H and O–H groups in total. The third kappa shape index (κ3) is 1.33. The lowest BCUT2D eigenvalue weighted by Gasteiger charge is -1.86. The number of rotatable bonds is 1. The van der Waals surface area contributed by atoms with E-state index in [0.717, 1.165) is 10.7 Å². The third-order valence-electron chi connectivity index (χ3n) is 1.14. The van der Waals surface area contributed by atoms with Gasteiger partial charge >= 0.3 is 0 Å². The lowest BCUT2D eigenvalue weighted by atomic mass is 10.3. The molecule has 1 aromatic heterocycles. The monoisotopic (exact) mass is 156 g/mol. The Kier molecular flexibility index (Phi) is 2.01.